The largest absolute Gasteiger partial charge is 0.456 e. The molecule has 5 N–H and O–H groups in total. The van der Waals surface area contributed by atoms with Crippen LogP contribution in [0.4, 0.5) is 0 Å². The zero-order chi connectivity index (χ0) is 18.7. The number of nitrogens with zero attached hydrogens (tertiary/aromatic N) is 1. The Morgan fingerprint density at radius 2 is 2.00 bits per heavy atom. The third kappa shape index (κ3) is 4.10. The topological polar surface area (TPSA) is 124 Å². The van der Waals surface area contributed by atoms with E-state index in [9.17, 15) is 20.1 Å². The average molecular weight is 477 g/mol. The number of nitrogens with one attached hydrogen (secondary N) is 2. The molecule has 0 bridgehead atoms. The number of halogens is 1. The Morgan fingerprint density at radius 1 is 1.27 bits per heavy atom. The van der Waals surface area contributed by atoms with Crippen molar-refractivity contribution in [3.8, 4) is 0 Å². The van der Waals surface area contributed by atoms with E-state index < -0.39 is 34.4 Å². The highest BCUT2D eigenvalue weighted by molar-refractivity contribution is 14.1. The summed E-state index contributed by atoms with van der Waals surface area (Å²) in [5, 5.41) is 31.4. The molecule has 0 aliphatic carbocycles. The van der Waals surface area contributed by atoms with E-state index in [2.05, 4.69) is 11.0 Å². The van der Waals surface area contributed by atoms with Gasteiger partial charge in [-0.05, 0) is 28.2 Å². The first-order valence-corrected chi connectivity index (χ1v) is 9.25. The fourth-order valence-corrected chi connectivity index (χ4v) is 3.58. The molecule has 0 saturated carbocycles. The molecule has 2 aliphatic rings. The zero-order valence-electron chi connectivity index (χ0n) is 13.7. The number of hydrogen-bond acceptors (Lipinski definition) is 9. The van der Waals surface area contributed by atoms with Gasteiger partial charge in [0, 0.05) is 0 Å². The zero-order valence-corrected chi connectivity index (χ0v) is 15.8. The number of esters is 1. The first kappa shape index (κ1) is 19.3. The second-order valence-corrected chi connectivity index (χ2v) is 7.16. The minimum Gasteiger partial charge on any atom is -0.456 e. The van der Waals surface area contributed by atoms with Crippen LogP contribution in [0.3, 0.4) is 0 Å². The van der Waals surface area contributed by atoms with Crippen molar-refractivity contribution >= 4 is 28.6 Å². The number of aliphatic hydroxyl groups is 3. The number of ether oxygens (including phenoxy) is 2. The summed E-state index contributed by atoms with van der Waals surface area (Å²) in [6.45, 7) is -0.259. The van der Waals surface area contributed by atoms with Gasteiger partial charge in [-0.1, -0.05) is 30.3 Å². The van der Waals surface area contributed by atoms with Gasteiger partial charge in [0.05, 0.1) is 12.8 Å². The molecule has 3 unspecified atom stereocenters. The van der Waals surface area contributed by atoms with E-state index in [1.807, 2.05) is 52.9 Å². The molecule has 5 atom stereocenters. The lowest BCUT2D eigenvalue weighted by Crippen LogP contribution is -2.64. The number of hydrazine groups is 2. The van der Waals surface area contributed by atoms with Gasteiger partial charge in [-0.25, -0.2) is 4.79 Å². The summed E-state index contributed by atoms with van der Waals surface area (Å²) in [5.41, 5.74) is 6.37. The van der Waals surface area contributed by atoms with Crippen molar-refractivity contribution in [2.45, 2.75) is 35.1 Å². The van der Waals surface area contributed by atoms with Gasteiger partial charge >= 0.3 is 5.97 Å². The predicted octanol–water partition coefficient (Wildman–Crippen LogP) is -0.861. The smallest absolute Gasteiger partial charge is 0.357 e. The van der Waals surface area contributed by atoms with Gasteiger partial charge in [0.1, 0.15) is 35.1 Å². The molecule has 1 saturated heterocycles. The van der Waals surface area contributed by atoms with Crippen LogP contribution in [0.15, 0.2) is 42.2 Å². The lowest BCUT2D eigenvalue weighted by molar-refractivity contribution is -0.184. The lowest BCUT2D eigenvalue weighted by atomic mass is 9.97. The van der Waals surface area contributed by atoms with Gasteiger partial charge in [-0.15, -0.1) is 5.53 Å². The molecule has 2 aliphatic heterocycles. The van der Waals surface area contributed by atoms with E-state index in [0.717, 1.165) is 5.56 Å². The molecular formula is C16H20IN3O6. The SMILES string of the molecule is O=C(OCc1ccccc1)C1=CN(C2C(O)[C@H](I)OC(CO)[C@@H]2O)NN1. The molecule has 142 valence electrons. The molecule has 0 aromatic heterocycles. The van der Waals surface area contributed by atoms with Crippen LogP contribution in [-0.4, -0.2) is 61.4 Å². The van der Waals surface area contributed by atoms with E-state index in [1.165, 1.54) is 11.2 Å². The highest BCUT2D eigenvalue weighted by atomic mass is 127. The molecule has 0 amide bonds. The van der Waals surface area contributed by atoms with Gasteiger partial charge in [0.15, 0.2) is 5.70 Å². The summed E-state index contributed by atoms with van der Waals surface area (Å²) in [7, 11) is 0. The van der Waals surface area contributed by atoms with Gasteiger partial charge in [-0.3, -0.25) is 10.4 Å². The number of hydrogen-bond donors (Lipinski definition) is 5. The van der Waals surface area contributed by atoms with Gasteiger partial charge in [0.2, 0.25) is 0 Å². The van der Waals surface area contributed by atoms with Crippen molar-refractivity contribution in [3.05, 3.63) is 47.8 Å². The maximum atomic E-state index is 12.2. The van der Waals surface area contributed by atoms with Crippen molar-refractivity contribution in [2.24, 2.45) is 0 Å². The maximum absolute atomic E-state index is 12.2. The fraction of sp³-hybridized carbons (Fsp3) is 0.438. The van der Waals surface area contributed by atoms with Crippen LogP contribution in [-0.2, 0) is 20.9 Å². The lowest BCUT2D eigenvalue weighted by Gasteiger charge is -2.43. The minimum absolute atomic E-state index is 0.129. The van der Waals surface area contributed by atoms with Crippen molar-refractivity contribution in [1.82, 2.24) is 16.0 Å². The van der Waals surface area contributed by atoms with Crippen molar-refractivity contribution in [1.29, 1.82) is 0 Å². The van der Waals surface area contributed by atoms with E-state index in [4.69, 9.17) is 9.47 Å². The first-order chi connectivity index (χ1) is 12.5. The second kappa shape index (κ2) is 8.50. The van der Waals surface area contributed by atoms with E-state index in [-0.39, 0.29) is 18.9 Å². The normalized spacial score (nSPS) is 31.3. The Morgan fingerprint density at radius 3 is 2.69 bits per heavy atom. The van der Waals surface area contributed by atoms with E-state index >= 15 is 0 Å². The third-order valence-electron chi connectivity index (χ3n) is 4.18. The van der Waals surface area contributed by atoms with E-state index in [1.54, 1.807) is 0 Å². The highest BCUT2D eigenvalue weighted by Crippen LogP contribution is 2.28. The minimum atomic E-state index is -1.16. The summed E-state index contributed by atoms with van der Waals surface area (Å²) in [6, 6.07) is 8.45. The van der Waals surface area contributed by atoms with Gasteiger partial charge < -0.3 is 24.8 Å². The Labute approximate surface area is 163 Å². The molecule has 26 heavy (non-hydrogen) atoms. The first-order valence-electron chi connectivity index (χ1n) is 8.00. The van der Waals surface area contributed by atoms with Crippen molar-refractivity contribution in [2.75, 3.05) is 6.61 Å². The van der Waals surface area contributed by atoms with Crippen LogP contribution < -0.4 is 11.0 Å². The van der Waals surface area contributed by atoms with Gasteiger partial charge in [-0.2, -0.15) is 0 Å². The summed E-state index contributed by atoms with van der Waals surface area (Å²) in [4.78, 5) is 12.2. The Hall–Kier alpha value is -1.44. The second-order valence-electron chi connectivity index (χ2n) is 5.93. The highest BCUT2D eigenvalue weighted by Gasteiger charge is 2.47. The number of carbonyl (C=O) groups excluding carboxylic acids is 1. The summed E-state index contributed by atoms with van der Waals surface area (Å²) in [5.74, 6) is -0.579. The summed E-state index contributed by atoms with van der Waals surface area (Å²) in [6.07, 6.45) is -1.63. The standard InChI is InChI=1S/C16H20IN3O6/c17-15-14(23)12(13(22)11(7-21)26-15)20-6-10(18-19-20)16(24)25-8-9-4-2-1-3-5-9/h1-6,11-15,18-19,21-23H,7-8H2/t11?,12?,13-,14?,15+/m0/s1. The van der Waals surface area contributed by atoms with Crippen molar-refractivity contribution < 1.29 is 29.6 Å². The molecule has 0 radical (unpaired) electrons. The quantitative estimate of drug-likeness (QED) is 0.210. The third-order valence-corrected chi connectivity index (χ3v) is 5.21. The Balaban J connectivity index is 1.65. The van der Waals surface area contributed by atoms with Gasteiger partial charge in [0.25, 0.3) is 0 Å². The number of alkyl halides is 1. The van der Waals surface area contributed by atoms with Crippen molar-refractivity contribution in [3.63, 3.8) is 0 Å². The van der Waals surface area contributed by atoms with Crippen LogP contribution >= 0.6 is 22.6 Å². The molecule has 1 fully saturated rings. The molecule has 3 rings (SSSR count). The van der Waals surface area contributed by atoms with Crippen LogP contribution in [0.25, 0.3) is 0 Å². The summed E-state index contributed by atoms with van der Waals surface area (Å²) >= 11 is 1.89. The predicted molar refractivity (Wildman–Crippen MR) is 98.0 cm³/mol. The molecule has 1 aromatic carbocycles. The van der Waals surface area contributed by atoms with Crippen LogP contribution in [0.2, 0.25) is 0 Å². The molecule has 2 heterocycles. The van der Waals surface area contributed by atoms with Crippen LogP contribution in [0.1, 0.15) is 5.56 Å². The number of aliphatic hydroxyl groups excluding tert-OH is 3. The summed E-state index contributed by atoms with van der Waals surface area (Å²) < 4.78 is 9.98. The van der Waals surface area contributed by atoms with E-state index in [0.29, 0.717) is 0 Å². The van der Waals surface area contributed by atoms with Crippen LogP contribution in [0, 0.1) is 0 Å². The Bertz CT molecular complexity index is 661. The number of carbonyl (C=O) groups is 1. The van der Waals surface area contributed by atoms with Crippen LogP contribution in [0.5, 0.6) is 0 Å². The fourth-order valence-electron chi connectivity index (χ4n) is 2.78. The number of benzene rings is 1. The maximum Gasteiger partial charge on any atom is 0.357 e. The monoisotopic (exact) mass is 477 g/mol. The molecule has 0 spiro atoms. The molecule has 10 heteroatoms. The Kier molecular flexibility index (Phi) is 6.32. The molecule has 9 nitrogen and oxygen atoms in total. The average Bonchev–Trinajstić information content (AvgIpc) is 3.13. The molecular weight excluding hydrogens is 457 g/mol. The molecule has 1 aromatic rings. The number of rotatable bonds is 5.